The van der Waals surface area contributed by atoms with Crippen molar-refractivity contribution in [2.24, 2.45) is 0 Å². The van der Waals surface area contributed by atoms with E-state index in [9.17, 15) is 13.2 Å². The maximum Gasteiger partial charge on any atom is 0.434 e. The van der Waals surface area contributed by atoms with Gasteiger partial charge in [0.25, 0.3) is 0 Å². The van der Waals surface area contributed by atoms with Gasteiger partial charge in [-0.1, -0.05) is 25.1 Å². The van der Waals surface area contributed by atoms with E-state index in [-0.39, 0.29) is 0 Å². The highest BCUT2D eigenvalue weighted by molar-refractivity contribution is 5.45. The molecule has 3 nitrogen and oxygen atoms in total. The van der Waals surface area contributed by atoms with Gasteiger partial charge in [0.05, 0.1) is 11.9 Å². The molecule has 0 saturated carbocycles. The van der Waals surface area contributed by atoms with Crippen LogP contribution < -0.4 is 0 Å². The van der Waals surface area contributed by atoms with Crippen molar-refractivity contribution in [2.45, 2.75) is 19.5 Å². The summed E-state index contributed by atoms with van der Waals surface area (Å²) in [5.41, 5.74) is -0.422. The summed E-state index contributed by atoms with van der Waals surface area (Å²) in [4.78, 5) is 0. The van der Waals surface area contributed by atoms with Crippen LogP contribution in [-0.4, -0.2) is 9.78 Å². The molecule has 2 rings (SSSR count). The zero-order valence-corrected chi connectivity index (χ0v) is 10.1. The first kappa shape index (κ1) is 13.1. The second kappa shape index (κ2) is 4.76. The number of hydrogen-bond acceptors (Lipinski definition) is 2. The lowest BCUT2D eigenvalue weighted by Crippen LogP contribution is -2.15. The highest BCUT2D eigenvalue weighted by Crippen LogP contribution is 2.33. The van der Waals surface area contributed by atoms with E-state index in [1.165, 1.54) is 6.07 Å². The molecule has 0 unspecified atom stereocenters. The summed E-state index contributed by atoms with van der Waals surface area (Å²) in [6, 6.07) is 8.22. The summed E-state index contributed by atoms with van der Waals surface area (Å²) >= 11 is 0. The minimum atomic E-state index is -4.62. The molecule has 0 atom stereocenters. The van der Waals surface area contributed by atoms with Crippen LogP contribution in [-0.2, 0) is 12.6 Å². The van der Waals surface area contributed by atoms with Gasteiger partial charge in [-0.15, -0.1) is 0 Å². The van der Waals surface area contributed by atoms with Crippen LogP contribution in [0, 0.1) is 11.3 Å². The predicted octanol–water partition coefficient (Wildman–Crippen LogP) is 3.33. The smallest absolute Gasteiger partial charge is 0.227 e. The van der Waals surface area contributed by atoms with Crippen LogP contribution in [0.25, 0.3) is 5.69 Å². The van der Waals surface area contributed by atoms with Crippen LogP contribution >= 0.6 is 0 Å². The van der Waals surface area contributed by atoms with Crippen molar-refractivity contribution in [3.05, 3.63) is 47.3 Å². The molecule has 0 aliphatic heterocycles. The average molecular weight is 265 g/mol. The molecule has 0 aliphatic carbocycles. The van der Waals surface area contributed by atoms with Crippen molar-refractivity contribution in [3.63, 3.8) is 0 Å². The van der Waals surface area contributed by atoms with E-state index in [0.29, 0.717) is 12.1 Å². The zero-order chi connectivity index (χ0) is 14.0. The molecule has 0 N–H and O–H groups in total. The highest BCUT2D eigenvalue weighted by atomic mass is 19.4. The van der Waals surface area contributed by atoms with E-state index in [0.717, 1.165) is 16.4 Å². The maximum atomic E-state index is 13.0. The Labute approximate surface area is 107 Å². The number of nitrogens with zero attached hydrogens (tertiary/aromatic N) is 3. The highest BCUT2D eigenvalue weighted by Gasteiger charge is 2.39. The molecule has 19 heavy (non-hydrogen) atoms. The monoisotopic (exact) mass is 265 g/mol. The second-order valence-electron chi connectivity index (χ2n) is 3.91. The van der Waals surface area contributed by atoms with E-state index in [4.69, 9.17) is 5.26 Å². The number of halogens is 3. The fourth-order valence-corrected chi connectivity index (χ4v) is 1.90. The molecule has 1 heterocycles. The molecule has 1 aromatic carbocycles. The van der Waals surface area contributed by atoms with Crippen LogP contribution in [0.1, 0.15) is 23.7 Å². The standard InChI is InChI=1S/C13H10F3N3/c1-2-9-5-3-4-6-11(9)19-12(13(14,15)16)10(7-17)8-18-19/h3-6,8H,2H2,1H3. The topological polar surface area (TPSA) is 41.6 Å². The third-order valence-electron chi connectivity index (χ3n) is 2.76. The van der Waals surface area contributed by atoms with Crippen molar-refractivity contribution < 1.29 is 13.2 Å². The van der Waals surface area contributed by atoms with Gasteiger partial charge in [-0.3, -0.25) is 0 Å². The summed E-state index contributed by atoms with van der Waals surface area (Å²) in [6.45, 7) is 1.85. The van der Waals surface area contributed by atoms with Gasteiger partial charge in [0.2, 0.25) is 0 Å². The molecule has 0 spiro atoms. The number of hydrogen-bond donors (Lipinski definition) is 0. The molecule has 0 radical (unpaired) electrons. The number of benzene rings is 1. The molecule has 2 aromatic rings. The van der Waals surface area contributed by atoms with Gasteiger partial charge in [0.15, 0.2) is 5.69 Å². The quantitative estimate of drug-likeness (QED) is 0.835. The van der Waals surface area contributed by atoms with Crippen LogP contribution in [0.3, 0.4) is 0 Å². The first-order chi connectivity index (χ1) is 8.99. The van der Waals surface area contributed by atoms with Gasteiger partial charge in [-0.2, -0.15) is 23.5 Å². The van der Waals surface area contributed by atoms with Crippen LogP contribution in [0.15, 0.2) is 30.5 Å². The van der Waals surface area contributed by atoms with Gasteiger partial charge in [0.1, 0.15) is 11.6 Å². The lowest BCUT2D eigenvalue weighted by Gasteiger charge is -2.13. The number of para-hydroxylation sites is 1. The van der Waals surface area contributed by atoms with E-state index >= 15 is 0 Å². The Kier molecular flexibility index (Phi) is 3.30. The van der Waals surface area contributed by atoms with Gasteiger partial charge in [-0.25, -0.2) is 4.68 Å². The molecule has 0 bridgehead atoms. The van der Waals surface area contributed by atoms with Crippen LogP contribution in [0.4, 0.5) is 13.2 Å². The Morgan fingerprint density at radius 1 is 1.32 bits per heavy atom. The van der Waals surface area contributed by atoms with E-state index in [1.54, 1.807) is 24.3 Å². The SMILES string of the molecule is CCc1ccccc1-n1ncc(C#N)c1C(F)(F)F. The molecule has 0 saturated heterocycles. The van der Waals surface area contributed by atoms with Crippen molar-refractivity contribution in [1.29, 1.82) is 5.26 Å². The summed E-state index contributed by atoms with van der Waals surface area (Å²) in [5, 5.41) is 12.5. The Morgan fingerprint density at radius 2 is 2.00 bits per heavy atom. The van der Waals surface area contributed by atoms with Gasteiger partial charge in [0, 0.05) is 0 Å². The van der Waals surface area contributed by atoms with Crippen molar-refractivity contribution in [3.8, 4) is 11.8 Å². The van der Waals surface area contributed by atoms with Gasteiger partial charge >= 0.3 is 6.18 Å². The largest absolute Gasteiger partial charge is 0.434 e. The summed E-state index contributed by atoms with van der Waals surface area (Å²) in [7, 11) is 0. The molecule has 1 aromatic heterocycles. The Bertz CT molecular complexity index is 635. The Balaban J connectivity index is 2.71. The number of rotatable bonds is 2. The number of aryl methyl sites for hydroxylation is 1. The van der Waals surface area contributed by atoms with E-state index in [2.05, 4.69) is 5.10 Å². The molecule has 6 heteroatoms. The molecule has 0 aliphatic rings. The Hall–Kier alpha value is -2.29. The molecule has 98 valence electrons. The number of alkyl halides is 3. The first-order valence-electron chi connectivity index (χ1n) is 5.62. The van der Waals surface area contributed by atoms with Crippen LogP contribution in [0.5, 0.6) is 0 Å². The van der Waals surface area contributed by atoms with Gasteiger partial charge in [-0.05, 0) is 18.1 Å². The fourth-order valence-electron chi connectivity index (χ4n) is 1.90. The summed E-state index contributed by atoms with van der Waals surface area (Å²) in [6.07, 6.45) is -3.10. The summed E-state index contributed by atoms with van der Waals surface area (Å²) < 4.78 is 39.9. The average Bonchev–Trinajstić information content (AvgIpc) is 2.82. The molecule has 0 fully saturated rings. The maximum absolute atomic E-state index is 13.0. The van der Waals surface area contributed by atoms with Gasteiger partial charge < -0.3 is 0 Å². The Morgan fingerprint density at radius 3 is 2.58 bits per heavy atom. The molecular formula is C13H10F3N3. The lowest BCUT2D eigenvalue weighted by molar-refractivity contribution is -0.143. The van der Waals surface area contributed by atoms with E-state index < -0.39 is 17.4 Å². The third-order valence-corrected chi connectivity index (χ3v) is 2.76. The lowest BCUT2D eigenvalue weighted by atomic mass is 10.1. The van der Waals surface area contributed by atoms with Crippen molar-refractivity contribution in [2.75, 3.05) is 0 Å². The summed E-state index contributed by atoms with van der Waals surface area (Å²) in [5.74, 6) is 0. The van der Waals surface area contributed by atoms with Crippen LogP contribution in [0.2, 0.25) is 0 Å². The number of nitriles is 1. The molecular weight excluding hydrogens is 255 g/mol. The minimum absolute atomic E-state index is 0.346. The first-order valence-corrected chi connectivity index (χ1v) is 5.62. The second-order valence-corrected chi connectivity index (χ2v) is 3.91. The van der Waals surface area contributed by atoms with Crippen molar-refractivity contribution >= 4 is 0 Å². The number of aromatic nitrogens is 2. The van der Waals surface area contributed by atoms with Crippen molar-refractivity contribution in [1.82, 2.24) is 9.78 Å². The third kappa shape index (κ3) is 2.32. The zero-order valence-electron chi connectivity index (χ0n) is 10.1. The molecule has 0 amide bonds. The fraction of sp³-hybridized carbons (Fsp3) is 0.231. The minimum Gasteiger partial charge on any atom is -0.227 e. The predicted molar refractivity (Wildman–Crippen MR) is 62.7 cm³/mol. The van der Waals surface area contributed by atoms with E-state index in [1.807, 2.05) is 6.92 Å². The normalized spacial score (nSPS) is 11.3.